The molecule has 0 unspecified atom stereocenters. The van der Waals surface area contributed by atoms with Crippen LogP contribution >= 0.6 is 0 Å². The number of carbonyl (C=O) groups excluding carboxylic acids is 2. The Morgan fingerprint density at radius 2 is 2.06 bits per heavy atom. The normalized spacial score (nSPS) is 11.7. The highest BCUT2D eigenvalue weighted by Gasteiger charge is 2.16. The number of hydrogen-bond donors (Lipinski definition) is 1. The molecule has 1 aromatic carbocycles. The summed E-state index contributed by atoms with van der Waals surface area (Å²) in [5.41, 5.74) is 4.71. The lowest BCUT2D eigenvalue weighted by atomic mass is 10.2. The molecule has 0 bridgehead atoms. The molecule has 0 aliphatic rings. The van der Waals surface area contributed by atoms with Crippen LogP contribution in [0, 0.1) is 5.82 Å². The van der Waals surface area contributed by atoms with Crippen molar-refractivity contribution in [3.63, 3.8) is 0 Å². The van der Waals surface area contributed by atoms with Gasteiger partial charge in [-0.2, -0.15) is 0 Å². The first-order valence-corrected chi connectivity index (χ1v) is 4.79. The fourth-order valence-electron chi connectivity index (χ4n) is 1.19. The minimum Gasteiger partial charge on any atom is -0.479 e. The van der Waals surface area contributed by atoms with Crippen molar-refractivity contribution < 1.29 is 23.5 Å². The van der Waals surface area contributed by atoms with Crippen molar-refractivity contribution in [3.8, 4) is 5.75 Å². The van der Waals surface area contributed by atoms with Gasteiger partial charge in [-0.25, -0.2) is 9.18 Å². The maximum Gasteiger partial charge on any atom is 0.346 e. The van der Waals surface area contributed by atoms with Crippen LogP contribution in [0.1, 0.15) is 17.3 Å². The Morgan fingerprint density at radius 1 is 1.41 bits per heavy atom. The highest BCUT2D eigenvalue weighted by Crippen LogP contribution is 2.17. The fraction of sp³-hybridized carbons (Fsp3) is 0.273. The minimum absolute atomic E-state index is 0.116. The number of rotatable bonds is 4. The summed E-state index contributed by atoms with van der Waals surface area (Å²) in [7, 11) is 1.22. The Hall–Kier alpha value is -2.11. The van der Waals surface area contributed by atoms with E-state index in [4.69, 9.17) is 10.5 Å². The third-order valence-electron chi connectivity index (χ3n) is 2.05. The standard InChI is InChI=1S/C11H12FNO4/c1-6(11(15)16-2)17-7-3-4-8(10(13)14)9(12)5-7/h3-6H,1-2H3,(H2,13,14)/t6-/m0/s1. The Morgan fingerprint density at radius 3 is 2.53 bits per heavy atom. The largest absolute Gasteiger partial charge is 0.479 e. The summed E-state index contributed by atoms with van der Waals surface area (Å²) in [5.74, 6) is -2.13. The van der Waals surface area contributed by atoms with Gasteiger partial charge >= 0.3 is 5.97 Å². The number of benzene rings is 1. The van der Waals surface area contributed by atoms with Crippen molar-refractivity contribution in [2.45, 2.75) is 13.0 Å². The molecule has 0 heterocycles. The Bertz CT molecular complexity index is 447. The topological polar surface area (TPSA) is 78.6 Å². The predicted octanol–water partition coefficient (Wildman–Crippen LogP) is 0.865. The molecule has 0 saturated carbocycles. The van der Waals surface area contributed by atoms with Crippen LogP contribution in [-0.4, -0.2) is 25.1 Å². The molecule has 0 saturated heterocycles. The van der Waals surface area contributed by atoms with E-state index in [1.54, 1.807) is 0 Å². The van der Waals surface area contributed by atoms with Crippen molar-refractivity contribution in [1.29, 1.82) is 0 Å². The van der Waals surface area contributed by atoms with E-state index < -0.39 is 23.8 Å². The molecular formula is C11H12FNO4. The van der Waals surface area contributed by atoms with Gasteiger partial charge < -0.3 is 15.2 Å². The van der Waals surface area contributed by atoms with Crippen molar-refractivity contribution >= 4 is 11.9 Å². The molecule has 6 heteroatoms. The molecule has 2 N–H and O–H groups in total. The number of carbonyl (C=O) groups is 2. The van der Waals surface area contributed by atoms with E-state index in [1.807, 2.05) is 0 Å². The van der Waals surface area contributed by atoms with E-state index in [0.717, 1.165) is 6.07 Å². The van der Waals surface area contributed by atoms with Gasteiger partial charge in [-0.1, -0.05) is 0 Å². The van der Waals surface area contributed by atoms with Crippen LogP contribution in [0.2, 0.25) is 0 Å². The summed E-state index contributed by atoms with van der Waals surface area (Å²) in [6, 6.07) is 3.53. The van der Waals surface area contributed by atoms with Crippen LogP contribution in [0.15, 0.2) is 18.2 Å². The van der Waals surface area contributed by atoms with Gasteiger partial charge in [-0.3, -0.25) is 4.79 Å². The molecule has 1 rings (SSSR count). The van der Waals surface area contributed by atoms with Gasteiger partial charge in [-0.15, -0.1) is 0 Å². The summed E-state index contributed by atoms with van der Waals surface area (Å²) in [5, 5.41) is 0. The number of nitrogens with two attached hydrogens (primary N) is 1. The van der Waals surface area contributed by atoms with E-state index in [1.165, 1.54) is 26.2 Å². The van der Waals surface area contributed by atoms with Gasteiger partial charge in [0.2, 0.25) is 0 Å². The van der Waals surface area contributed by atoms with Crippen LogP contribution in [0.25, 0.3) is 0 Å². The summed E-state index contributed by atoms with van der Waals surface area (Å²) >= 11 is 0. The third kappa shape index (κ3) is 3.17. The average Bonchev–Trinajstić information content (AvgIpc) is 2.27. The van der Waals surface area contributed by atoms with Gasteiger partial charge in [-0.05, 0) is 19.1 Å². The molecule has 5 nitrogen and oxygen atoms in total. The maximum absolute atomic E-state index is 13.3. The molecule has 0 aliphatic heterocycles. The van der Waals surface area contributed by atoms with E-state index in [-0.39, 0.29) is 11.3 Å². The summed E-state index contributed by atoms with van der Waals surface area (Å²) in [4.78, 5) is 21.8. The zero-order chi connectivity index (χ0) is 13.0. The van der Waals surface area contributed by atoms with E-state index in [0.29, 0.717) is 0 Å². The molecule has 0 aliphatic carbocycles. The molecule has 0 radical (unpaired) electrons. The van der Waals surface area contributed by atoms with Gasteiger partial charge in [0.05, 0.1) is 12.7 Å². The number of halogens is 1. The fourth-order valence-corrected chi connectivity index (χ4v) is 1.19. The maximum atomic E-state index is 13.3. The Balaban J connectivity index is 2.84. The summed E-state index contributed by atoms with van der Waals surface area (Å²) in [6.45, 7) is 1.46. The number of amides is 1. The number of ether oxygens (including phenoxy) is 2. The zero-order valence-electron chi connectivity index (χ0n) is 9.40. The number of hydrogen-bond acceptors (Lipinski definition) is 4. The van der Waals surface area contributed by atoms with E-state index in [2.05, 4.69) is 4.74 Å². The van der Waals surface area contributed by atoms with Crippen LogP contribution in [0.5, 0.6) is 5.75 Å². The number of methoxy groups -OCH3 is 1. The Labute approximate surface area is 97.3 Å². The molecule has 17 heavy (non-hydrogen) atoms. The van der Waals surface area contributed by atoms with Crippen LogP contribution in [-0.2, 0) is 9.53 Å². The first-order valence-electron chi connectivity index (χ1n) is 4.79. The van der Waals surface area contributed by atoms with Gasteiger partial charge in [0, 0.05) is 6.07 Å². The van der Waals surface area contributed by atoms with Crippen molar-refractivity contribution in [1.82, 2.24) is 0 Å². The van der Waals surface area contributed by atoms with Crippen molar-refractivity contribution in [2.24, 2.45) is 5.73 Å². The quantitative estimate of drug-likeness (QED) is 0.793. The zero-order valence-corrected chi connectivity index (χ0v) is 9.40. The van der Waals surface area contributed by atoms with E-state index >= 15 is 0 Å². The number of esters is 1. The summed E-state index contributed by atoms with van der Waals surface area (Å²) < 4.78 is 22.9. The highest BCUT2D eigenvalue weighted by atomic mass is 19.1. The van der Waals surface area contributed by atoms with Gasteiger partial charge in [0.25, 0.3) is 5.91 Å². The third-order valence-corrected chi connectivity index (χ3v) is 2.05. The Kier molecular flexibility index (Phi) is 4.03. The monoisotopic (exact) mass is 241 g/mol. The second-order valence-corrected chi connectivity index (χ2v) is 3.29. The number of primary amides is 1. The molecule has 92 valence electrons. The highest BCUT2D eigenvalue weighted by molar-refractivity contribution is 5.93. The van der Waals surface area contributed by atoms with Gasteiger partial charge in [0.15, 0.2) is 6.10 Å². The summed E-state index contributed by atoms with van der Waals surface area (Å²) in [6.07, 6.45) is -0.862. The molecule has 1 aromatic rings. The van der Waals surface area contributed by atoms with Crippen LogP contribution < -0.4 is 10.5 Å². The lowest BCUT2D eigenvalue weighted by Crippen LogP contribution is -2.25. The smallest absolute Gasteiger partial charge is 0.346 e. The first-order chi connectivity index (χ1) is 7.95. The predicted molar refractivity (Wildman–Crippen MR) is 57.0 cm³/mol. The molecular weight excluding hydrogens is 229 g/mol. The SMILES string of the molecule is COC(=O)[C@H](C)Oc1ccc(C(N)=O)c(F)c1. The second-order valence-electron chi connectivity index (χ2n) is 3.29. The lowest BCUT2D eigenvalue weighted by Gasteiger charge is -2.12. The lowest BCUT2D eigenvalue weighted by molar-refractivity contribution is -0.147. The van der Waals surface area contributed by atoms with Crippen molar-refractivity contribution in [2.75, 3.05) is 7.11 Å². The molecule has 0 aromatic heterocycles. The molecule has 1 atom stereocenters. The molecule has 1 amide bonds. The van der Waals surface area contributed by atoms with E-state index in [9.17, 15) is 14.0 Å². The molecule has 0 fully saturated rings. The first kappa shape index (κ1) is 13.0. The minimum atomic E-state index is -0.866. The van der Waals surface area contributed by atoms with Crippen LogP contribution in [0.4, 0.5) is 4.39 Å². The average molecular weight is 241 g/mol. The van der Waals surface area contributed by atoms with Crippen molar-refractivity contribution in [3.05, 3.63) is 29.6 Å². The van der Waals surface area contributed by atoms with Crippen LogP contribution in [0.3, 0.4) is 0 Å². The molecule has 0 spiro atoms. The second kappa shape index (κ2) is 5.29. The van der Waals surface area contributed by atoms with Gasteiger partial charge in [0.1, 0.15) is 11.6 Å².